The average molecular weight is 393 g/mol. The highest BCUT2D eigenvalue weighted by molar-refractivity contribution is 5.97. The van der Waals surface area contributed by atoms with Gasteiger partial charge >= 0.3 is 0 Å². The number of aliphatic hydroxyl groups is 1. The molecule has 8 heteroatoms. The fourth-order valence-corrected chi connectivity index (χ4v) is 3.81. The number of carbonyl (C=O) groups is 1. The normalized spacial score (nSPS) is 22.0. The Hall–Kier alpha value is -1.96. The molecule has 1 fully saturated rings. The van der Waals surface area contributed by atoms with Crippen molar-refractivity contribution in [2.45, 2.75) is 38.3 Å². The lowest BCUT2D eigenvalue weighted by Crippen LogP contribution is -2.34. The number of benzene rings is 1. The largest absolute Gasteiger partial charge is 0.391 e. The predicted octanol–water partition coefficient (Wildman–Crippen LogP) is 0.855. The second kappa shape index (κ2) is 8.37. The molecule has 3 heterocycles. The van der Waals surface area contributed by atoms with E-state index in [4.69, 9.17) is 0 Å². The van der Waals surface area contributed by atoms with Crippen LogP contribution >= 0.6 is 12.4 Å². The lowest BCUT2D eigenvalue weighted by molar-refractivity contribution is 0.0927. The highest BCUT2D eigenvalue weighted by atomic mass is 35.5. The summed E-state index contributed by atoms with van der Waals surface area (Å²) in [5.74, 6) is 0.638. The number of hydrogen-bond acceptors (Lipinski definition) is 5. The smallest absolute Gasteiger partial charge is 0.261 e. The van der Waals surface area contributed by atoms with E-state index < -0.39 is 6.10 Å². The molecule has 146 valence electrons. The first kappa shape index (κ1) is 19.8. The Labute approximate surface area is 163 Å². The van der Waals surface area contributed by atoms with Crippen LogP contribution < -0.4 is 16.2 Å². The molecule has 2 unspecified atom stereocenters. The molecule has 2 aliphatic rings. The van der Waals surface area contributed by atoms with Gasteiger partial charge in [-0.25, -0.2) is 4.98 Å². The van der Waals surface area contributed by atoms with Crippen LogP contribution in [0.15, 0.2) is 23.0 Å². The number of nitrogens with one attached hydrogen (secondary N) is 2. The molecule has 1 aromatic heterocycles. The lowest BCUT2D eigenvalue weighted by atomic mass is 10.1. The number of aryl methyl sites for hydroxylation is 1. The Balaban J connectivity index is 0.00000210. The third kappa shape index (κ3) is 4.00. The van der Waals surface area contributed by atoms with Gasteiger partial charge in [-0.15, -0.1) is 12.4 Å². The zero-order chi connectivity index (χ0) is 18.1. The molecule has 1 saturated heterocycles. The number of amides is 1. The minimum absolute atomic E-state index is 0. The van der Waals surface area contributed by atoms with E-state index in [0.29, 0.717) is 36.1 Å². The summed E-state index contributed by atoms with van der Waals surface area (Å²) < 4.78 is 1.78. The molecule has 0 radical (unpaired) electrons. The quantitative estimate of drug-likeness (QED) is 0.719. The summed E-state index contributed by atoms with van der Waals surface area (Å²) in [4.78, 5) is 29.8. The summed E-state index contributed by atoms with van der Waals surface area (Å²) in [5.41, 5.74) is 1.06. The Bertz CT molecular complexity index is 898. The predicted molar refractivity (Wildman–Crippen MR) is 106 cm³/mol. The van der Waals surface area contributed by atoms with Crippen LogP contribution in [0.25, 0.3) is 10.9 Å². The number of hydrogen-bond donors (Lipinski definition) is 3. The Morgan fingerprint density at radius 1 is 1.30 bits per heavy atom. The van der Waals surface area contributed by atoms with E-state index in [2.05, 4.69) is 15.6 Å². The molecule has 0 bridgehead atoms. The Morgan fingerprint density at radius 2 is 2.15 bits per heavy atom. The van der Waals surface area contributed by atoms with Crippen LogP contribution in [0.4, 0.5) is 0 Å². The van der Waals surface area contributed by atoms with Gasteiger partial charge in [0, 0.05) is 44.1 Å². The van der Waals surface area contributed by atoms with Gasteiger partial charge in [0.1, 0.15) is 5.82 Å². The number of nitrogens with zero attached hydrogens (tertiary/aromatic N) is 2. The SMILES string of the molecule is Cl.O=C(NCC1CNCC1O)c1ccc2c(=O)n3c(nc2c1)CCCCC3. The van der Waals surface area contributed by atoms with Crippen LogP contribution in [0, 0.1) is 5.92 Å². The van der Waals surface area contributed by atoms with E-state index in [-0.39, 0.29) is 29.8 Å². The molecule has 7 nitrogen and oxygen atoms in total. The monoisotopic (exact) mass is 392 g/mol. The highest BCUT2D eigenvalue weighted by Crippen LogP contribution is 2.16. The third-order valence-electron chi connectivity index (χ3n) is 5.41. The molecule has 2 aliphatic heterocycles. The maximum Gasteiger partial charge on any atom is 0.261 e. The van der Waals surface area contributed by atoms with Gasteiger partial charge in [-0.05, 0) is 31.0 Å². The van der Waals surface area contributed by atoms with Gasteiger partial charge in [0.25, 0.3) is 11.5 Å². The topological polar surface area (TPSA) is 96.3 Å². The van der Waals surface area contributed by atoms with Crippen molar-refractivity contribution < 1.29 is 9.90 Å². The molecule has 4 rings (SSSR count). The second-order valence-electron chi connectivity index (χ2n) is 7.22. The zero-order valence-corrected chi connectivity index (χ0v) is 15.9. The van der Waals surface area contributed by atoms with Crippen LogP contribution in [0.5, 0.6) is 0 Å². The van der Waals surface area contributed by atoms with Crippen molar-refractivity contribution in [2.24, 2.45) is 5.92 Å². The van der Waals surface area contributed by atoms with E-state index in [1.807, 2.05) is 0 Å². The maximum atomic E-state index is 12.7. The molecule has 1 aromatic carbocycles. The zero-order valence-electron chi connectivity index (χ0n) is 15.1. The molecule has 27 heavy (non-hydrogen) atoms. The maximum absolute atomic E-state index is 12.7. The summed E-state index contributed by atoms with van der Waals surface area (Å²) in [5, 5.41) is 16.4. The van der Waals surface area contributed by atoms with Crippen LogP contribution in [0.1, 0.15) is 35.4 Å². The van der Waals surface area contributed by atoms with Crippen LogP contribution in [-0.4, -0.2) is 46.3 Å². The molecular weight excluding hydrogens is 368 g/mol. The van der Waals surface area contributed by atoms with E-state index in [9.17, 15) is 14.7 Å². The minimum atomic E-state index is -0.427. The van der Waals surface area contributed by atoms with Crippen molar-refractivity contribution in [3.63, 3.8) is 0 Å². The van der Waals surface area contributed by atoms with Crippen molar-refractivity contribution in [1.82, 2.24) is 20.2 Å². The van der Waals surface area contributed by atoms with Gasteiger partial charge in [0.15, 0.2) is 0 Å². The molecular formula is C19H25ClN4O3. The van der Waals surface area contributed by atoms with Crippen LogP contribution in [0.2, 0.25) is 0 Å². The Kier molecular flexibility index (Phi) is 6.14. The summed E-state index contributed by atoms with van der Waals surface area (Å²) >= 11 is 0. The standard InChI is InChI=1S/C19H24N4O3.ClH/c24-16-11-20-9-13(16)10-21-18(25)12-5-6-14-15(8-12)22-17-4-2-1-3-7-23(17)19(14)26;/h5-6,8,13,16,20,24H,1-4,7,9-11H2,(H,21,25);1H. The van der Waals surface area contributed by atoms with Crippen LogP contribution in [-0.2, 0) is 13.0 Å². The van der Waals surface area contributed by atoms with Gasteiger partial charge in [-0.3, -0.25) is 14.2 Å². The summed E-state index contributed by atoms with van der Waals surface area (Å²) in [7, 11) is 0. The first-order chi connectivity index (χ1) is 12.6. The number of β-amino-alcohol motifs (C(OH)–C–C–N with tert-alkyl or cyclic N) is 1. The van der Waals surface area contributed by atoms with E-state index in [0.717, 1.165) is 38.1 Å². The molecule has 0 aliphatic carbocycles. The van der Waals surface area contributed by atoms with Crippen molar-refractivity contribution in [2.75, 3.05) is 19.6 Å². The van der Waals surface area contributed by atoms with Crippen LogP contribution in [0.3, 0.4) is 0 Å². The first-order valence-electron chi connectivity index (χ1n) is 9.34. The average Bonchev–Trinajstić information content (AvgIpc) is 2.90. The van der Waals surface area contributed by atoms with E-state index in [1.165, 1.54) is 0 Å². The lowest BCUT2D eigenvalue weighted by Gasteiger charge is -2.14. The highest BCUT2D eigenvalue weighted by Gasteiger charge is 2.25. The number of aromatic nitrogens is 2. The minimum Gasteiger partial charge on any atom is -0.391 e. The van der Waals surface area contributed by atoms with Crippen molar-refractivity contribution in [1.29, 1.82) is 0 Å². The molecule has 0 saturated carbocycles. The van der Waals surface area contributed by atoms with Gasteiger partial charge in [-0.1, -0.05) is 6.42 Å². The van der Waals surface area contributed by atoms with E-state index in [1.54, 1.807) is 22.8 Å². The molecule has 2 atom stereocenters. The summed E-state index contributed by atoms with van der Waals surface area (Å²) in [6, 6.07) is 5.07. The van der Waals surface area contributed by atoms with Gasteiger partial charge in [0.05, 0.1) is 17.0 Å². The van der Waals surface area contributed by atoms with Crippen molar-refractivity contribution >= 4 is 29.2 Å². The number of aliphatic hydroxyl groups excluding tert-OH is 1. The molecule has 3 N–H and O–H groups in total. The first-order valence-corrected chi connectivity index (χ1v) is 9.34. The molecule has 2 aromatic rings. The summed E-state index contributed by atoms with van der Waals surface area (Å²) in [6.07, 6.45) is 3.52. The van der Waals surface area contributed by atoms with E-state index >= 15 is 0 Å². The number of rotatable bonds is 3. The number of halogens is 1. The van der Waals surface area contributed by atoms with Gasteiger partial charge in [-0.2, -0.15) is 0 Å². The summed E-state index contributed by atoms with van der Waals surface area (Å²) in [6.45, 7) is 2.40. The fraction of sp³-hybridized carbons (Fsp3) is 0.526. The Morgan fingerprint density at radius 3 is 2.93 bits per heavy atom. The third-order valence-corrected chi connectivity index (χ3v) is 5.41. The molecule has 1 amide bonds. The fourth-order valence-electron chi connectivity index (χ4n) is 3.81. The van der Waals surface area contributed by atoms with Gasteiger partial charge in [0.2, 0.25) is 0 Å². The van der Waals surface area contributed by atoms with Crippen molar-refractivity contribution in [3.8, 4) is 0 Å². The number of fused-ring (bicyclic) bond motifs is 2. The second-order valence-corrected chi connectivity index (χ2v) is 7.22. The molecule has 0 spiro atoms. The van der Waals surface area contributed by atoms with Crippen molar-refractivity contribution in [3.05, 3.63) is 39.9 Å². The van der Waals surface area contributed by atoms with Gasteiger partial charge < -0.3 is 15.7 Å². The number of carbonyl (C=O) groups excluding carboxylic acids is 1.